The average Bonchev–Trinajstić information content (AvgIpc) is 2.74. The number of oxazole rings is 1. The van der Waals surface area contributed by atoms with Gasteiger partial charge >= 0.3 is 0 Å². The number of nitrogens with one attached hydrogen (secondary N) is 1. The van der Waals surface area contributed by atoms with Crippen LogP contribution in [-0.2, 0) is 11.3 Å². The highest BCUT2D eigenvalue weighted by atomic mass is 35.5. The summed E-state index contributed by atoms with van der Waals surface area (Å²) in [5.41, 5.74) is 0.809. The first-order valence-corrected chi connectivity index (χ1v) is 6.98. The monoisotopic (exact) mass is 328 g/mol. The lowest BCUT2D eigenvalue weighted by Gasteiger charge is -2.08. The number of carbonyl (C=O) groups is 1. The van der Waals surface area contributed by atoms with Gasteiger partial charge in [-0.05, 0) is 32.0 Å². The van der Waals surface area contributed by atoms with Crippen molar-refractivity contribution in [2.24, 2.45) is 0 Å². The van der Waals surface area contributed by atoms with Crippen LogP contribution in [0.5, 0.6) is 5.75 Å². The van der Waals surface area contributed by atoms with Gasteiger partial charge in [0.15, 0.2) is 6.61 Å². The van der Waals surface area contributed by atoms with E-state index in [1.165, 1.54) is 0 Å². The third-order valence-corrected chi connectivity index (χ3v) is 3.29. The predicted octanol–water partition coefficient (Wildman–Crippen LogP) is 3.29. The van der Waals surface area contributed by atoms with Gasteiger partial charge in [-0.15, -0.1) is 0 Å². The minimum atomic E-state index is -0.297. The van der Waals surface area contributed by atoms with E-state index in [0.717, 1.165) is 11.5 Å². The van der Waals surface area contributed by atoms with Gasteiger partial charge in [-0.1, -0.05) is 23.2 Å². The van der Waals surface area contributed by atoms with Crippen LogP contribution in [0.3, 0.4) is 0 Å². The van der Waals surface area contributed by atoms with Gasteiger partial charge in [-0.3, -0.25) is 4.79 Å². The van der Waals surface area contributed by atoms with Gasteiger partial charge in [0.25, 0.3) is 5.91 Å². The molecule has 1 amide bonds. The largest absolute Gasteiger partial charge is 0.482 e. The molecule has 1 aromatic carbocycles. The van der Waals surface area contributed by atoms with Crippen molar-refractivity contribution in [1.82, 2.24) is 10.3 Å². The molecule has 5 nitrogen and oxygen atoms in total. The number of nitrogens with zero attached hydrogens (tertiary/aromatic N) is 1. The fourth-order valence-corrected chi connectivity index (χ4v) is 2.04. The highest BCUT2D eigenvalue weighted by molar-refractivity contribution is 6.35. The van der Waals surface area contributed by atoms with E-state index in [2.05, 4.69) is 10.3 Å². The van der Waals surface area contributed by atoms with Crippen LogP contribution >= 0.6 is 23.2 Å². The van der Waals surface area contributed by atoms with Gasteiger partial charge in [-0.2, -0.15) is 0 Å². The Hall–Kier alpha value is -1.72. The Kier molecular flexibility index (Phi) is 5.09. The number of benzene rings is 1. The maximum atomic E-state index is 11.7. The van der Waals surface area contributed by atoms with Gasteiger partial charge < -0.3 is 14.5 Å². The number of amides is 1. The van der Waals surface area contributed by atoms with Crippen LogP contribution in [-0.4, -0.2) is 17.5 Å². The zero-order valence-electron chi connectivity index (χ0n) is 11.6. The molecule has 2 aromatic rings. The summed E-state index contributed by atoms with van der Waals surface area (Å²) in [5, 5.41) is 3.51. The Balaban J connectivity index is 1.82. The maximum absolute atomic E-state index is 11.7. The fourth-order valence-electron chi connectivity index (χ4n) is 1.58. The number of hydrogen-bond acceptors (Lipinski definition) is 4. The molecule has 0 atom stereocenters. The molecule has 1 N–H and O–H groups in total. The number of carbonyl (C=O) groups excluding carboxylic acids is 1. The molecule has 0 saturated heterocycles. The van der Waals surface area contributed by atoms with E-state index in [1.54, 1.807) is 18.2 Å². The molecule has 21 heavy (non-hydrogen) atoms. The third-order valence-electron chi connectivity index (χ3n) is 2.76. The Labute approximate surface area is 132 Å². The van der Waals surface area contributed by atoms with E-state index in [-0.39, 0.29) is 19.1 Å². The quantitative estimate of drug-likeness (QED) is 0.914. The molecule has 0 fully saturated rings. The highest BCUT2D eigenvalue weighted by Crippen LogP contribution is 2.27. The van der Waals surface area contributed by atoms with E-state index in [1.807, 2.05) is 13.8 Å². The fraction of sp³-hybridized carbons (Fsp3) is 0.286. The molecule has 0 radical (unpaired) electrons. The molecule has 112 valence electrons. The minimum Gasteiger partial charge on any atom is -0.482 e. The van der Waals surface area contributed by atoms with Gasteiger partial charge in [0, 0.05) is 5.02 Å². The molecule has 0 aliphatic carbocycles. The summed E-state index contributed by atoms with van der Waals surface area (Å²) in [6.07, 6.45) is 0. The van der Waals surface area contributed by atoms with Gasteiger partial charge in [0.2, 0.25) is 5.89 Å². The first-order valence-electron chi connectivity index (χ1n) is 6.23. The van der Waals surface area contributed by atoms with Crippen LogP contribution in [0.4, 0.5) is 0 Å². The van der Waals surface area contributed by atoms with Crippen LogP contribution in [0.15, 0.2) is 22.6 Å². The highest BCUT2D eigenvalue weighted by Gasteiger charge is 2.09. The predicted molar refractivity (Wildman–Crippen MR) is 79.8 cm³/mol. The standard InChI is InChI=1S/C14H14Cl2N2O3/c1-8-9(2)21-14(18-8)6-17-13(19)7-20-12-4-3-10(15)5-11(12)16/h3-5H,6-7H2,1-2H3,(H,17,19). The molecule has 1 aromatic heterocycles. The number of aromatic nitrogens is 1. The normalized spacial score (nSPS) is 10.5. The van der Waals surface area contributed by atoms with Crippen molar-refractivity contribution < 1.29 is 13.9 Å². The lowest BCUT2D eigenvalue weighted by Crippen LogP contribution is -2.28. The molecule has 1 heterocycles. The van der Waals surface area contributed by atoms with Crippen LogP contribution in [0, 0.1) is 13.8 Å². The number of aryl methyl sites for hydroxylation is 2. The zero-order valence-corrected chi connectivity index (χ0v) is 13.1. The van der Waals surface area contributed by atoms with Crippen molar-refractivity contribution in [3.05, 3.63) is 45.6 Å². The molecular formula is C14H14Cl2N2O3. The Morgan fingerprint density at radius 1 is 1.38 bits per heavy atom. The van der Waals surface area contributed by atoms with E-state index in [0.29, 0.717) is 21.7 Å². The average molecular weight is 329 g/mol. The molecule has 2 rings (SSSR count). The van der Waals surface area contributed by atoms with Crippen LogP contribution in [0.25, 0.3) is 0 Å². The van der Waals surface area contributed by atoms with Crippen LogP contribution < -0.4 is 10.1 Å². The van der Waals surface area contributed by atoms with Crippen molar-refractivity contribution >= 4 is 29.1 Å². The summed E-state index contributed by atoms with van der Waals surface area (Å²) < 4.78 is 10.7. The molecule has 0 spiro atoms. The summed E-state index contributed by atoms with van der Waals surface area (Å²) in [6, 6.07) is 4.80. The first-order chi connectivity index (χ1) is 9.95. The number of hydrogen-bond donors (Lipinski definition) is 1. The second-order valence-electron chi connectivity index (χ2n) is 4.39. The molecule has 0 saturated carbocycles. The van der Waals surface area contributed by atoms with Crippen molar-refractivity contribution in [3.8, 4) is 5.75 Å². The summed E-state index contributed by atoms with van der Waals surface area (Å²) in [7, 11) is 0. The van der Waals surface area contributed by atoms with Gasteiger partial charge in [0.05, 0.1) is 17.3 Å². The zero-order chi connectivity index (χ0) is 15.4. The van der Waals surface area contributed by atoms with Crippen molar-refractivity contribution in [2.75, 3.05) is 6.61 Å². The second-order valence-corrected chi connectivity index (χ2v) is 5.23. The second kappa shape index (κ2) is 6.83. The maximum Gasteiger partial charge on any atom is 0.258 e. The third kappa shape index (κ3) is 4.37. The van der Waals surface area contributed by atoms with Crippen molar-refractivity contribution in [2.45, 2.75) is 20.4 Å². The van der Waals surface area contributed by atoms with E-state index in [4.69, 9.17) is 32.4 Å². The SMILES string of the molecule is Cc1nc(CNC(=O)COc2ccc(Cl)cc2Cl)oc1C. The molecule has 7 heteroatoms. The Morgan fingerprint density at radius 2 is 2.14 bits per heavy atom. The van der Waals surface area contributed by atoms with E-state index < -0.39 is 0 Å². The first kappa shape index (κ1) is 15.7. The summed E-state index contributed by atoms with van der Waals surface area (Å²) >= 11 is 11.7. The van der Waals surface area contributed by atoms with Gasteiger partial charge in [0.1, 0.15) is 11.5 Å². The number of ether oxygens (including phenoxy) is 1. The lowest BCUT2D eigenvalue weighted by atomic mass is 10.3. The van der Waals surface area contributed by atoms with Gasteiger partial charge in [-0.25, -0.2) is 4.98 Å². The topological polar surface area (TPSA) is 64.4 Å². The number of halogens is 2. The lowest BCUT2D eigenvalue weighted by molar-refractivity contribution is -0.123. The van der Waals surface area contributed by atoms with Crippen LogP contribution in [0.2, 0.25) is 10.0 Å². The smallest absolute Gasteiger partial charge is 0.258 e. The summed E-state index contributed by atoms with van der Waals surface area (Å²) in [4.78, 5) is 15.9. The number of rotatable bonds is 5. The van der Waals surface area contributed by atoms with Crippen molar-refractivity contribution in [3.63, 3.8) is 0 Å². The van der Waals surface area contributed by atoms with E-state index in [9.17, 15) is 4.79 Å². The summed E-state index contributed by atoms with van der Waals surface area (Å²) in [6.45, 7) is 3.72. The van der Waals surface area contributed by atoms with Crippen molar-refractivity contribution in [1.29, 1.82) is 0 Å². The summed E-state index contributed by atoms with van der Waals surface area (Å²) in [5.74, 6) is 1.31. The Morgan fingerprint density at radius 3 is 2.76 bits per heavy atom. The molecule has 0 bridgehead atoms. The molecule has 0 aliphatic heterocycles. The van der Waals surface area contributed by atoms with E-state index >= 15 is 0 Å². The molecule has 0 unspecified atom stereocenters. The Bertz CT molecular complexity index is 636. The van der Waals surface area contributed by atoms with Crippen LogP contribution in [0.1, 0.15) is 17.3 Å². The molecule has 0 aliphatic rings. The molecular weight excluding hydrogens is 315 g/mol. The minimum absolute atomic E-state index is 0.153.